The average Bonchev–Trinajstić information content (AvgIpc) is 1.41. The summed E-state index contributed by atoms with van der Waals surface area (Å²) in [6.07, 6.45) is 1.07. The fourth-order valence-corrected chi connectivity index (χ4v) is 0.354. The predicted molar refractivity (Wildman–Crippen MR) is 30.9 cm³/mol. The van der Waals surface area contributed by atoms with E-state index >= 15 is 0 Å². The third kappa shape index (κ3) is 4.36. The standard InChI is InChI=1S/C3H7BP/c1-5-3-2-4/h2,5H,3H2,1H3. The van der Waals surface area contributed by atoms with Crippen LogP contribution >= 0.6 is 8.58 Å². The zero-order valence-electron chi connectivity index (χ0n) is 3.36. The van der Waals surface area contributed by atoms with Crippen LogP contribution < -0.4 is 0 Å². The molecular formula is C3H7BP. The molecule has 0 aliphatic heterocycles. The molecule has 0 saturated carbocycles. The van der Waals surface area contributed by atoms with E-state index in [2.05, 4.69) is 6.66 Å². The Bertz CT molecular complexity index is 28.1. The maximum atomic E-state index is 5.02. The first-order valence-electron chi connectivity index (χ1n) is 1.60. The summed E-state index contributed by atoms with van der Waals surface area (Å²) < 4.78 is 0. The summed E-state index contributed by atoms with van der Waals surface area (Å²) in [6, 6.07) is 0. The van der Waals surface area contributed by atoms with Gasteiger partial charge in [-0.05, 0) is 0 Å². The van der Waals surface area contributed by atoms with Crippen LogP contribution in [-0.4, -0.2) is 26.3 Å². The van der Waals surface area contributed by atoms with Gasteiger partial charge in [-0.2, -0.15) is 0 Å². The monoisotopic (exact) mass is 85.0 g/mol. The summed E-state index contributed by atoms with van der Waals surface area (Å²) in [6.45, 7) is 2.13. The van der Waals surface area contributed by atoms with Crippen molar-refractivity contribution in [3.8, 4) is 0 Å². The normalized spacial score (nSPS) is 9.60. The van der Waals surface area contributed by atoms with Crippen molar-refractivity contribution in [2.24, 2.45) is 0 Å². The minimum atomic E-state index is 0.977. The topological polar surface area (TPSA) is 0 Å². The summed E-state index contributed by atoms with van der Waals surface area (Å²) in [5.74, 6) is 1.69. The molecule has 0 rings (SSSR count). The number of rotatable bonds is 2. The Morgan fingerprint density at radius 1 is 2.00 bits per heavy atom. The van der Waals surface area contributed by atoms with Gasteiger partial charge in [0, 0.05) is 0 Å². The molecule has 0 aromatic heterocycles. The molecule has 0 spiro atoms. The number of hydrogen-bond acceptors (Lipinski definition) is 0. The molecule has 0 aromatic rings. The Morgan fingerprint density at radius 2 is 2.60 bits per heavy atom. The first-order chi connectivity index (χ1) is 2.41. The van der Waals surface area contributed by atoms with Gasteiger partial charge in [-0.1, -0.05) is 0 Å². The Kier molecular flexibility index (Phi) is 4.68. The first-order valence-corrected chi connectivity index (χ1v) is 3.30. The van der Waals surface area contributed by atoms with Crippen molar-refractivity contribution in [1.29, 1.82) is 0 Å². The quantitative estimate of drug-likeness (QED) is 0.333. The van der Waals surface area contributed by atoms with E-state index in [4.69, 9.17) is 7.49 Å². The molecule has 0 heterocycles. The van der Waals surface area contributed by atoms with Crippen molar-refractivity contribution in [3.63, 3.8) is 0 Å². The molecule has 0 nitrogen and oxygen atoms in total. The third-order valence-corrected chi connectivity index (χ3v) is 0.966. The molecule has 27 valence electrons. The van der Waals surface area contributed by atoms with Crippen LogP contribution in [0.25, 0.3) is 0 Å². The SMILES string of the molecule is [B]=CCPC. The van der Waals surface area contributed by atoms with Crippen LogP contribution in [0.3, 0.4) is 0 Å². The molecule has 1 radical (unpaired) electrons. The molecule has 0 N–H and O–H groups in total. The fraction of sp³-hybridized carbons (Fsp3) is 0.667. The van der Waals surface area contributed by atoms with Crippen LogP contribution in [0.2, 0.25) is 0 Å². The van der Waals surface area contributed by atoms with Crippen molar-refractivity contribution in [3.05, 3.63) is 0 Å². The summed E-state index contributed by atoms with van der Waals surface area (Å²) in [5.41, 5.74) is 0. The van der Waals surface area contributed by atoms with Gasteiger partial charge in [0.15, 0.2) is 0 Å². The van der Waals surface area contributed by atoms with Crippen LogP contribution in [0.15, 0.2) is 0 Å². The summed E-state index contributed by atoms with van der Waals surface area (Å²) in [5, 5.41) is 0. The summed E-state index contributed by atoms with van der Waals surface area (Å²) >= 11 is 0. The summed E-state index contributed by atoms with van der Waals surface area (Å²) in [7, 11) is 6.00. The van der Waals surface area contributed by atoms with Gasteiger partial charge in [-0.25, -0.2) is 0 Å². The Hall–Kier alpha value is 0.365. The van der Waals surface area contributed by atoms with Gasteiger partial charge in [0.25, 0.3) is 0 Å². The van der Waals surface area contributed by atoms with Crippen LogP contribution in [0, 0.1) is 0 Å². The van der Waals surface area contributed by atoms with Gasteiger partial charge in [-0.3, -0.25) is 0 Å². The van der Waals surface area contributed by atoms with E-state index in [9.17, 15) is 0 Å². The average molecular weight is 84.9 g/mol. The second kappa shape index (κ2) is 4.36. The van der Waals surface area contributed by atoms with E-state index in [1.165, 1.54) is 0 Å². The minimum absolute atomic E-state index is 0.977. The van der Waals surface area contributed by atoms with E-state index in [1.54, 1.807) is 5.97 Å². The molecule has 0 aliphatic carbocycles. The second-order valence-corrected chi connectivity index (χ2v) is 1.91. The van der Waals surface area contributed by atoms with Crippen molar-refractivity contribution in [2.75, 3.05) is 12.8 Å². The van der Waals surface area contributed by atoms with Crippen LogP contribution in [0.4, 0.5) is 0 Å². The molecule has 0 aliphatic rings. The van der Waals surface area contributed by atoms with Gasteiger partial charge in [0.05, 0.1) is 0 Å². The maximum absolute atomic E-state index is 5.02. The molecular weight excluding hydrogens is 77.8 g/mol. The van der Waals surface area contributed by atoms with Gasteiger partial charge in [0.2, 0.25) is 0 Å². The summed E-state index contributed by atoms with van der Waals surface area (Å²) in [4.78, 5) is 0. The zero-order valence-corrected chi connectivity index (χ0v) is 4.36. The van der Waals surface area contributed by atoms with Crippen LogP contribution in [0.5, 0.6) is 0 Å². The number of hydrogen-bond donors (Lipinski definition) is 0. The third-order valence-electron chi connectivity index (χ3n) is 0.322. The van der Waals surface area contributed by atoms with Gasteiger partial charge in [0.1, 0.15) is 0 Å². The van der Waals surface area contributed by atoms with Crippen LogP contribution in [-0.2, 0) is 0 Å². The zero-order chi connectivity index (χ0) is 4.12. The van der Waals surface area contributed by atoms with E-state index in [-0.39, 0.29) is 0 Å². The van der Waals surface area contributed by atoms with E-state index in [0.29, 0.717) is 0 Å². The molecule has 0 bridgehead atoms. The molecule has 0 fully saturated rings. The van der Waals surface area contributed by atoms with E-state index in [0.717, 1.165) is 14.7 Å². The van der Waals surface area contributed by atoms with Crippen LogP contribution in [0.1, 0.15) is 0 Å². The molecule has 1 atom stereocenters. The van der Waals surface area contributed by atoms with Crippen molar-refractivity contribution >= 4 is 22.0 Å². The first kappa shape index (κ1) is 5.36. The molecule has 5 heavy (non-hydrogen) atoms. The van der Waals surface area contributed by atoms with Crippen molar-refractivity contribution in [2.45, 2.75) is 0 Å². The molecule has 0 aromatic carbocycles. The van der Waals surface area contributed by atoms with Gasteiger partial charge < -0.3 is 0 Å². The fourth-order valence-electron chi connectivity index (χ4n) is 0.118. The second-order valence-electron chi connectivity index (χ2n) is 0.793. The van der Waals surface area contributed by atoms with E-state index < -0.39 is 0 Å². The van der Waals surface area contributed by atoms with Crippen molar-refractivity contribution in [1.82, 2.24) is 0 Å². The van der Waals surface area contributed by atoms with Gasteiger partial charge >= 0.3 is 34.9 Å². The Balaban J connectivity index is 2.40. The molecule has 1 unspecified atom stereocenters. The molecule has 0 amide bonds. The Labute approximate surface area is 35.8 Å². The van der Waals surface area contributed by atoms with E-state index in [1.807, 2.05) is 0 Å². The Morgan fingerprint density at radius 3 is 2.60 bits per heavy atom. The van der Waals surface area contributed by atoms with Gasteiger partial charge in [-0.15, -0.1) is 0 Å². The van der Waals surface area contributed by atoms with Crippen molar-refractivity contribution < 1.29 is 0 Å². The molecule has 0 saturated heterocycles. The molecule has 2 heteroatoms. The predicted octanol–water partition coefficient (Wildman–Crippen LogP) is 0.265.